The van der Waals surface area contributed by atoms with E-state index in [4.69, 9.17) is 5.73 Å². The van der Waals surface area contributed by atoms with Crippen LogP contribution in [0.4, 0.5) is 5.69 Å². The molecule has 1 saturated carbocycles. The molecule has 112 valence electrons. The highest BCUT2D eigenvalue weighted by atomic mass is 79.9. The van der Waals surface area contributed by atoms with Gasteiger partial charge in [-0.05, 0) is 59.3 Å². The fourth-order valence-corrected chi connectivity index (χ4v) is 3.72. The van der Waals surface area contributed by atoms with Gasteiger partial charge in [-0.15, -0.1) is 0 Å². The van der Waals surface area contributed by atoms with Crippen LogP contribution in [0.25, 0.3) is 0 Å². The Morgan fingerprint density at radius 2 is 1.90 bits per heavy atom. The maximum absolute atomic E-state index is 5.98. The topological polar surface area (TPSA) is 29.3 Å². The lowest BCUT2D eigenvalue weighted by Crippen LogP contribution is -2.36. The van der Waals surface area contributed by atoms with Crippen molar-refractivity contribution in [2.45, 2.75) is 58.5 Å². The van der Waals surface area contributed by atoms with Gasteiger partial charge in [0.25, 0.3) is 0 Å². The van der Waals surface area contributed by atoms with Crippen LogP contribution in [0.15, 0.2) is 22.7 Å². The monoisotopic (exact) mass is 338 g/mol. The summed E-state index contributed by atoms with van der Waals surface area (Å²) in [5.74, 6) is 0.676. The van der Waals surface area contributed by atoms with Crippen molar-refractivity contribution in [1.29, 1.82) is 0 Å². The fourth-order valence-electron chi connectivity index (χ4n) is 3.09. The van der Waals surface area contributed by atoms with E-state index in [1.807, 2.05) is 6.92 Å². The molecule has 0 unspecified atom stereocenters. The number of anilines is 1. The second-order valence-electron chi connectivity index (χ2n) is 6.48. The van der Waals surface area contributed by atoms with Crippen molar-refractivity contribution in [2.24, 2.45) is 11.7 Å². The Morgan fingerprint density at radius 1 is 1.25 bits per heavy atom. The van der Waals surface area contributed by atoms with Crippen LogP contribution in [0, 0.1) is 5.92 Å². The molecule has 1 aliphatic carbocycles. The third-order valence-corrected chi connectivity index (χ3v) is 4.77. The van der Waals surface area contributed by atoms with Gasteiger partial charge in [0, 0.05) is 23.1 Å². The van der Waals surface area contributed by atoms with Crippen molar-refractivity contribution >= 4 is 21.6 Å². The lowest BCUT2D eigenvalue weighted by atomic mass is 10.1. The van der Waals surface area contributed by atoms with E-state index in [9.17, 15) is 0 Å². The average Bonchev–Trinajstić information content (AvgIpc) is 2.89. The standard InChI is InChI=1S/C17H27BrN2/c1-12(2)11-20(15-6-4-5-7-15)17-9-8-14(13(3)19)10-16(17)18/h8-10,12-13,15H,4-7,11,19H2,1-3H3/t13-/m1/s1. The van der Waals surface area contributed by atoms with Gasteiger partial charge in [-0.25, -0.2) is 0 Å². The van der Waals surface area contributed by atoms with Crippen LogP contribution in [0.3, 0.4) is 0 Å². The number of hydrogen-bond acceptors (Lipinski definition) is 2. The Hall–Kier alpha value is -0.540. The molecule has 0 radical (unpaired) electrons. The zero-order chi connectivity index (χ0) is 14.7. The van der Waals surface area contributed by atoms with Gasteiger partial charge in [0.2, 0.25) is 0 Å². The first-order valence-electron chi connectivity index (χ1n) is 7.80. The number of benzene rings is 1. The fraction of sp³-hybridized carbons (Fsp3) is 0.647. The van der Waals surface area contributed by atoms with Gasteiger partial charge in [-0.3, -0.25) is 0 Å². The summed E-state index contributed by atoms with van der Waals surface area (Å²) < 4.78 is 1.18. The molecule has 1 atom stereocenters. The number of halogens is 1. The normalized spacial score (nSPS) is 17.7. The maximum atomic E-state index is 5.98. The highest BCUT2D eigenvalue weighted by molar-refractivity contribution is 9.10. The van der Waals surface area contributed by atoms with Gasteiger partial charge in [0.05, 0.1) is 5.69 Å². The second kappa shape index (κ2) is 6.95. The molecule has 2 N–H and O–H groups in total. The van der Waals surface area contributed by atoms with Crippen LogP contribution in [-0.4, -0.2) is 12.6 Å². The molecular formula is C17H27BrN2. The van der Waals surface area contributed by atoms with E-state index < -0.39 is 0 Å². The van der Waals surface area contributed by atoms with Crippen molar-refractivity contribution in [1.82, 2.24) is 0 Å². The Labute approximate surface area is 131 Å². The molecular weight excluding hydrogens is 312 g/mol. The molecule has 1 aromatic carbocycles. The van der Waals surface area contributed by atoms with Crippen LogP contribution in [0.5, 0.6) is 0 Å². The van der Waals surface area contributed by atoms with Gasteiger partial charge >= 0.3 is 0 Å². The lowest BCUT2D eigenvalue weighted by molar-refractivity contribution is 0.535. The molecule has 20 heavy (non-hydrogen) atoms. The minimum absolute atomic E-state index is 0.0883. The van der Waals surface area contributed by atoms with Crippen LogP contribution in [0.1, 0.15) is 58.1 Å². The van der Waals surface area contributed by atoms with E-state index in [1.165, 1.54) is 41.4 Å². The van der Waals surface area contributed by atoms with Gasteiger partial charge in [-0.2, -0.15) is 0 Å². The largest absolute Gasteiger partial charge is 0.367 e. The third-order valence-electron chi connectivity index (χ3n) is 4.13. The molecule has 1 fully saturated rings. The van der Waals surface area contributed by atoms with Crippen molar-refractivity contribution in [2.75, 3.05) is 11.4 Å². The molecule has 2 nitrogen and oxygen atoms in total. The molecule has 0 spiro atoms. The smallest absolute Gasteiger partial charge is 0.0513 e. The van der Waals surface area contributed by atoms with E-state index in [2.05, 4.69) is 52.9 Å². The molecule has 1 aromatic rings. The van der Waals surface area contributed by atoms with Crippen LogP contribution < -0.4 is 10.6 Å². The summed E-state index contributed by atoms with van der Waals surface area (Å²) in [5, 5.41) is 0. The summed E-state index contributed by atoms with van der Waals surface area (Å²) in [5.41, 5.74) is 8.50. The summed E-state index contributed by atoms with van der Waals surface area (Å²) >= 11 is 3.76. The summed E-state index contributed by atoms with van der Waals surface area (Å²) in [4.78, 5) is 2.60. The minimum Gasteiger partial charge on any atom is -0.367 e. The maximum Gasteiger partial charge on any atom is 0.0513 e. The second-order valence-corrected chi connectivity index (χ2v) is 7.34. The Balaban J connectivity index is 2.27. The zero-order valence-electron chi connectivity index (χ0n) is 12.9. The molecule has 0 saturated heterocycles. The highest BCUT2D eigenvalue weighted by Gasteiger charge is 2.24. The predicted molar refractivity (Wildman–Crippen MR) is 91.2 cm³/mol. The number of rotatable bonds is 5. The van der Waals surface area contributed by atoms with E-state index in [-0.39, 0.29) is 6.04 Å². The van der Waals surface area contributed by atoms with E-state index >= 15 is 0 Å². The summed E-state index contributed by atoms with van der Waals surface area (Å²) in [6.07, 6.45) is 5.39. The molecule has 1 aliphatic rings. The Morgan fingerprint density at radius 3 is 2.40 bits per heavy atom. The molecule has 0 heterocycles. The number of nitrogens with two attached hydrogens (primary N) is 1. The van der Waals surface area contributed by atoms with Gasteiger partial charge < -0.3 is 10.6 Å². The molecule has 0 aliphatic heterocycles. The van der Waals surface area contributed by atoms with Crippen molar-refractivity contribution in [3.05, 3.63) is 28.2 Å². The van der Waals surface area contributed by atoms with E-state index in [0.717, 1.165) is 6.54 Å². The van der Waals surface area contributed by atoms with Crippen LogP contribution >= 0.6 is 15.9 Å². The van der Waals surface area contributed by atoms with E-state index in [1.54, 1.807) is 0 Å². The first-order chi connectivity index (χ1) is 9.49. The average molecular weight is 339 g/mol. The minimum atomic E-state index is 0.0883. The number of nitrogens with zero attached hydrogens (tertiary/aromatic N) is 1. The Bertz CT molecular complexity index is 437. The summed E-state index contributed by atoms with van der Waals surface area (Å²) in [6, 6.07) is 7.39. The summed E-state index contributed by atoms with van der Waals surface area (Å²) in [7, 11) is 0. The Kier molecular flexibility index (Phi) is 5.50. The van der Waals surface area contributed by atoms with Crippen LogP contribution in [-0.2, 0) is 0 Å². The molecule has 0 aromatic heterocycles. The lowest BCUT2D eigenvalue weighted by Gasteiger charge is -2.34. The van der Waals surface area contributed by atoms with Gasteiger partial charge in [0.15, 0.2) is 0 Å². The SMILES string of the molecule is CC(C)CN(c1ccc([C@@H](C)N)cc1Br)C1CCCC1. The first kappa shape index (κ1) is 15.8. The first-order valence-corrected chi connectivity index (χ1v) is 8.60. The zero-order valence-corrected chi connectivity index (χ0v) is 14.5. The van der Waals surface area contributed by atoms with Crippen LogP contribution in [0.2, 0.25) is 0 Å². The van der Waals surface area contributed by atoms with Gasteiger partial charge in [0.1, 0.15) is 0 Å². The quantitative estimate of drug-likeness (QED) is 0.829. The molecule has 0 bridgehead atoms. The predicted octanol–water partition coefficient (Wildman–Crippen LogP) is 4.87. The highest BCUT2D eigenvalue weighted by Crippen LogP contribution is 2.35. The third kappa shape index (κ3) is 3.76. The summed E-state index contributed by atoms with van der Waals surface area (Å²) in [6.45, 7) is 7.75. The number of hydrogen-bond donors (Lipinski definition) is 1. The van der Waals surface area contributed by atoms with Crippen molar-refractivity contribution in [3.8, 4) is 0 Å². The molecule has 2 rings (SSSR count). The van der Waals surface area contributed by atoms with E-state index in [0.29, 0.717) is 12.0 Å². The molecule has 0 amide bonds. The molecule has 3 heteroatoms. The van der Waals surface area contributed by atoms with Crippen molar-refractivity contribution in [3.63, 3.8) is 0 Å². The van der Waals surface area contributed by atoms with Crippen molar-refractivity contribution < 1.29 is 0 Å². The van der Waals surface area contributed by atoms with Gasteiger partial charge in [-0.1, -0.05) is 32.8 Å².